The number of hydrogen-bond donors (Lipinski definition) is 2. The third kappa shape index (κ3) is 2.53. The molecule has 0 heterocycles. The molecule has 12 heavy (non-hydrogen) atoms. The monoisotopic (exact) mass is 171 g/mol. The normalized spacial score (nSPS) is 18.4. The number of carbonyl (C=O) groups excluding carboxylic acids is 1. The van der Waals surface area contributed by atoms with Gasteiger partial charge in [0.1, 0.15) is 6.54 Å². The molecule has 0 bridgehead atoms. The van der Waals surface area contributed by atoms with Gasteiger partial charge in [-0.1, -0.05) is 6.92 Å². The minimum Gasteiger partial charge on any atom is -0.480 e. The maximum absolute atomic E-state index is 11.2. The van der Waals surface area contributed by atoms with Crippen LogP contribution in [0.25, 0.3) is 0 Å². The Balaban J connectivity index is 2.22. The number of nitrogens with one attached hydrogen (secondary N) is 1. The Labute approximate surface area is 71.0 Å². The van der Waals surface area contributed by atoms with E-state index in [0.717, 1.165) is 12.8 Å². The largest absolute Gasteiger partial charge is 0.480 e. The summed E-state index contributed by atoms with van der Waals surface area (Å²) in [7, 11) is 0. The molecule has 1 unspecified atom stereocenters. The summed E-state index contributed by atoms with van der Waals surface area (Å²) in [6, 6.07) is 0. The highest BCUT2D eigenvalue weighted by atomic mass is 16.4. The molecule has 1 saturated carbocycles. The maximum Gasteiger partial charge on any atom is 0.322 e. The van der Waals surface area contributed by atoms with Crippen molar-refractivity contribution in [2.24, 2.45) is 11.8 Å². The first-order valence-electron chi connectivity index (χ1n) is 4.10. The van der Waals surface area contributed by atoms with E-state index in [1.807, 2.05) is 6.92 Å². The average Bonchev–Trinajstić information content (AvgIpc) is 2.80. The van der Waals surface area contributed by atoms with Crippen LogP contribution < -0.4 is 5.32 Å². The predicted molar refractivity (Wildman–Crippen MR) is 42.5 cm³/mol. The molecule has 1 rings (SSSR count). The van der Waals surface area contributed by atoms with Crippen molar-refractivity contribution in [3.8, 4) is 0 Å². The van der Waals surface area contributed by atoms with Gasteiger partial charge in [-0.05, 0) is 18.8 Å². The van der Waals surface area contributed by atoms with E-state index in [1.165, 1.54) is 0 Å². The molecule has 0 aliphatic heterocycles. The highest BCUT2D eigenvalue weighted by Gasteiger charge is 2.32. The average molecular weight is 171 g/mol. The Morgan fingerprint density at radius 2 is 2.17 bits per heavy atom. The lowest BCUT2D eigenvalue weighted by Crippen LogP contribution is -2.34. The molecule has 0 aromatic heterocycles. The van der Waals surface area contributed by atoms with Crippen molar-refractivity contribution >= 4 is 11.9 Å². The van der Waals surface area contributed by atoms with Crippen molar-refractivity contribution < 1.29 is 14.7 Å². The lowest BCUT2D eigenvalue weighted by molar-refractivity contribution is -0.138. The van der Waals surface area contributed by atoms with Gasteiger partial charge in [0.2, 0.25) is 5.91 Å². The van der Waals surface area contributed by atoms with E-state index >= 15 is 0 Å². The summed E-state index contributed by atoms with van der Waals surface area (Å²) < 4.78 is 0. The molecule has 0 saturated heterocycles. The first kappa shape index (κ1) is 9.03. The Hall–Kier alpha value is -1.06. The van der Waals surface area contributed by atoms with Crippen LogP contribution >= 0.6 is 0 Å². The fraction of sp³-hybridized carbons (Fsp3) is 0.750. The molecule has 0 aromatic carbocycles. The van der Waals surface area contributed by atoms with Crippen LogP contribution in [0, 0.1) is 11.8 Å². The molecule has 2 N–H and O–H groups in total. The minimum atomic E-state index is -0.994. The van der Waals surface area contributed by atoms with Crippen LogP contribution in [0.1, 0.15) is 19.8 Å². The van der Waals surface area contributed by atoms with Gasteiger partial charge in [-0.3, -0.25) is 9.59 Å². The summed E-state index contributed by atoms with van der Waals surface area (Å²) in [6.45, 7) is 1.57. The predicted octanol–water partition coefficient (Wildman–Crippen LogP) is 0.233. The smallest absolute Gasteiger partial charge is 0.322 e. The van der Waals surface area contributed by atoms with Gasteiger partial charge in [0.25, 0.3) is 0 Å². The number of carboxylic acids is 1. The molecule has 4 nitrogen and oxygen atoms in total. The van der Waals surface area contributed by atoms with E-state index < -0.39 is 5.97 Å². The molecule has 4 heteroatoms. The molecular weight excluding hydrogens is 158 g/mol. The Morgan fingerprint density at radius 3 is 2.58 bits per heavy atom. The molecule has 1 fully saturated rings. The van der Waals surface area contributed by atoms with Crippen molar-refractivity contribution in [3.63, 3.8) is 0 Å². The van der Waals surface area contributed by atoms with Crippen molar-refractivity contribution in [2.75, 3.05) is 6.54 Å². The maximum atomic E-state index is 11.2. The number of hydrogen-bond acceptors (Lipinski definition) is 2. The minimum absolute atomic E-state index is 0.0238. The van der Waals surface area contributed by atoms with Gasteiger partial charge < -0.3 is 10.4 Å². The van der Waals surface area contributed by atoms with Gasteiger partial charge in [-0.2, -0.15) is 0 Å². The van der Waals surface area contributed by atoms with Crippen LogP contribution in [0.3, 0.4) is 0 Å². The zero-order valence-corrected chi connectivity index (χ0v) is 7.04. The topological polar surface area (TPSA) is 66.4 Å². The van der Waals surface area contributed by atoms with Gasteiger partial charge in [0, 0.05) is 5.92 Å². The molecule has 0 spiro atoms. The van der Waals surface area contributed by atoms with Crippen LogP contribution in [-0.2, 0) is 9.59 Å². The van der Waals surface area contributed by atoms with Crippen LogP contribution in [0.5, 0.6) is 0 Å². The third-order valence-corrected chi connectivity index (χ3v) is 2.16. The first-order valence-corrected chi connectivity index (χ1v) is 4.10. The highest BCUT2D eigenvalue weighted by molar-refractivity contribution is 5.83. The standard InChI is InChI=1S/C8H13NO3/c1-5(6-2-3-6)8(12)9-4-7(10)11/h5-6H,2-4H2,1H3,(H,9,12)(H,10,11). The lowest BCUT2D eigenvalue weighted by Gasteiger charge is -2.08. The SMILES string of the molecule is CC(C(=O)NCC(=O)O)C1CC1. The fourth-order valence-electron chi connectivity index (χ4n) is 1.13. The third-order valence-electron chi connectivity index (χ3n) is 2.16. The van der Waals surface area contributed by atoms with E-state index in [4.69, 9.17) is 5.11 Å². The molecule has 1 atom stereocenters. The van der Waals surface area contributed by atoms with Crippen molar-refractivity contribution in [2.45, 2.75) is 19.8 Å². The summed E-state index contributed by atoms with van der Waals surface area (Å²) in [5.74, 6) is -0.672. The van der Waals surface area contributed by atoms with Crippen LogP contribution in [-0.4, -0.2) is 23.5 Å². The number of aliphatic carboxylic acids is 1. The molecule has 68 valence electrons. The number of amides is 1. The molecule has 1 aliphatic carbocycles. The summed E-state index contributed by atoms with van der Waals surface area (Å²) in [4.78, 5) is 21.3. The number of rotatable bonds is 4. The van der Waals surface area contributed by atoms with Crippen LogP contribution in [0.4, 0.5) is 0 Å². The Kier molecular flexibility index (Phi) is 2.68. The summed E-state index contributed by atoms with van der Waals surface area (Å²) in [5.41, 5.74) is 0. The molecule has 1 amide bonds. The first-order chi connectivity index (χ1) is 5.61. The highest BCUT2D eigenvalue weighted by Crippen LogP contribution is 2.36. The fourth-order valence-corrected chi connectivity index (χ4v) is 1.13. The van der Waals surface area contributed by atoms with Gasteiger partial charge in [0.15, 0.2) is 0 Å². The Bertz CT molecular complexity index is 198. The number of carboxylic acid groups (broad SMARTS) is 1. The lowest BCUT2D eigenvalue weighted by atomic mass is 10.1. The molecule has 1 aliphatic rings. The van der Waals surface area contributed by atoms with Crippen molar-refractivity contribution in [1.82, 2.24) is 5.32 Å². The Morgan fingerprint density at radius 1 is 1.58 bits per heavy atom. The van der Waals surface area contributed by atoms with Gasteiger partial charge in [0.05, 0.1) is 0 Å². The van der Waals surface area contributed by atoms with Crippen molar-refractivity contribution in [3.05, 3.63) is 0 Å². The van der Waals surface area contributed by atoms with Gasteiger partial charge in [-0.25, -0.2) is 0 Å². The second-order valence-corrected chi connectivity index (χ2v) is 3.24. The van der Waals surface area contributed by atoms with Gasteiger partial charge in [-0.15, -0.1) is 0 Å². The van der Waals surface area contributed by atoms with E-state index in [0.29, 0.717) is 5.92 Å². The zero-order chi connectivity index (χ0) is 9.14. The van der Waals surface area contributed by atoms with Gasteiger partial charge >= 0.3 is 5.97 Å². The van der Waals surface area contributed by atoms with E-state index in [1.54, 1.807) is 0 Å². The van der Waals surface area contributed by atoms with Crippen LogP contribution in [0.2, 0.25) is 0 Å². The van der Waals surface area contributed by atoms with E-state index in [9.17, 15) is 9.59 Å². The molecule has 0 radical (unpaired) electrons. The van der Waals surface area contributed by atoms with Crippen LogP contribution in [0.15, 0.2) is 0 Å². The summed E-state index contributed by atoms with van der Waals surface area (Å²) >= 11 is 0. The molecular formula is C8H13NO3. The zero-order valence-electron chi connectivity index (χ0n) is 7.04. The quantitative estimate of drug-likeness (QED) is 0.636. The van der Waals surface area contributed by atoms with E-state index in [2.05, 4.69) is 5.32 Å². The van der Waals surface area contributed by atoms with Crippen molar-refractivity contribution in [1.29, 1.82) is 0 Å². The second kappa shape index (κ2) is 3.56. The number of carbonyl (C=O) groups is 2. The molecule has 0 aromatic rings. The summed E-state index contributed by atoms with van der Waals surface area (Å²) in [5, 5.41) is 10.6. The second-order valence-electron chi connectivity index (χ2n) is 3.24. The summed E-state index contributed by atoms with van der Waals surface area (Å²) in [6.07, 6.45) is 2.20. The van der Waals surface area contributed by atoms with E-state index in [-0.39, 0.29) is 18.4 Å².